The standard InChI is InChI=1S/C20H25N3O4/c24-17(22-9-2-1-3-10-22)14-13-20(14)7-11-23(12-8-20)18(25)15-5-4-6-16(21-15)19(26)27/h4-6,14H,1-3,7-13H2,(H,26,27). The molecule has 1 aromatic rings. The predicted molar refractivity (Wildman–Crippen MR) is 97.3 cm³/mol. The van der Waals surface area contributed by atoms with Gasteiger partial charge in [0.05, 0.1) is 0 Å². The number of pyridine rings is 1. The number of aromatic carboxylic acids is 1. The molecule has 1 atom stereocenters. The minimum absolute atomic E-state index is 0.0711. The van der Waals surface area contributed by atoms with Gasteiger partial charge in [0, 0.05) is 32.1 Å². The van der Waals surface area contributed by atoms with E-state index in [0.717, 1.165) is 45.2 Å². The molecule has 2 saturated heterocycles. The highest BCUT2D eigenvalue weighted by molar-refractivity contribution is 5.94. The SMILES string of the molecule is O=C(O)c1cccc(C(=O)N2CCC3(CC2)CC3C(=O)N2CCCCC2)n1. The first-order valence-corrected chi connectivity index (χ1v) is 9.79. The Bertz CT molecular complexity index is 764. The quantitative estimate of drug-likeness (QED) is 0.878. The summed E-state index contributed by atoms with van der Waals surface area (Å²) in [6.07, 6.45) is 6.04. The molecule has 0 aromatic carbocycles. The fraction of sp³-hybridized carbons (Fsp3) is 0.600. The number of rotatable bonds is 3. The maximum absolute atomic E-state index is 12.8. The van der Waals surface area contributed by atoms with Crippen molar-refractivity contribution >= 4 is 17.8 Å². The van der Waals surface area contributed by atoms with Crippen molar-refractivity contribution in [3.63, 3.8) is 0 Å². The van der Waals surface area contributed by atoms with Crippen molar-refractivity contribution in [3.05, 3.63) is 29.6 Å². The van der Waals surface area contributed by atoms with E-state index < -0.39 is 5.97 Å². The number of carbonyl (C=O) groups is 3. The first kappa shape index (κ1) is 17.9. The molecular formula is C20H25N3O4. The molecule has 7 nitrogen and oxygen atoms in total. The van der Waals surface area contributed by atoms with E-state index in [-0.39, 0.29) is 28.6 Å². The molecule has 3 aliphatic rings. The Hall–Kier alpha value is -2.44. The molecule has 4 rings (SSSR count). The average molecular weight is 371 g/mol. The molecule has 7 heteroatoms. The van der Waals surface area contributed by atoms with Gasteiger partial charge in [0.15, 0.2) is 0 Å². The molecule has 0 radical (unpaired) electrons. The van der Waals surface area contributed by atoms with Crippen LogP contribution in [0.4, 0.5) is 0 Å². The number of carboxylic acids is 1. The van der Waals surface area contributed by atoms with Gasteiger partial charge in [-0.2, -0.15) is 0 Å². The van der Waals surface area contributed by atoms with Crippen molar-refractivity contribution in [2.75, 3.05) is 26.2 Å². The summed E-state index contributed by atoms with van der Waals surface area (Å²) in [4.78, 5) is 44.2. The largest absolute Gasteiger partial charge is 0.477 e. The van der Waals surface area contributed by atoms with Gasteiger partial charge in [0.2, 0.25) is 5.91 Å². The molecule has 27 heavy (non-hydrogen) atoms. The Morgan fingerprint density at radius 1 is 0.963 bits per heavy atom. The lowest BCUT2D eigenvalue weighted by atomic mass is 9.90. The van der Waals surface area contributed by atoms with Crippen molar-refractivity contribution < 1.29 is 19.5 Å². The topological polar surface area (TPSA) is 90.8 Å². The van der Waals surface area contributed by atoms with Crippen LogP contribution in [0.2, 0.25) is 0 Å². The molecule has 1 spiro atoms. The van der Waals surface area contributed by atoms with Crippen molar-refractivity contribution in [1.82, 2.24) is 14.8 Å². The molecule has 2 aliphatic heterocycles. The lowest BCUT2D eigenvalue weighted by Crippen LogP contribution is -2.42. The third kappa shape index (κ3) is 3.42. The van der Waals surface area contributed by atoms with Gasteiger partial charge in [-0.25, -0.2) is 9.78 Å². The Kier molecular flexibility index (Phi) is 4.61. The van der Waals surface area contributed by atoms with Crippen molar-refractivity contribution in [3.8, 4) is 0 Å². The maximum atomic E-state index is 12.8. The highest BCUT2D eigenvalue weighted by Crippen LogP contribution is 2.60. The molecule has 1 saturated carbocycles. The molecule has 144 valence electrons. The number of nitrogens with zero attached hydrogens (tertiary/aromatic N) is 3. The van der Waals surface area contributed by atoms with Crippen LogP contribution in [0.1, 0.15) is 59.5 Å². The summed E-state index contributed by atoms with van der Waals surface area (Å²) in [6.45, 7) is 2.98. The molecule has 3 fully saturated rings. The zero-order valence-electron chi connectivity index (χ0n) is 15.4. The zero-order chi connectivity index (χ0) is 19.0. The van der Waals surface area contributed by atoms with Crippen LogP contribution in [0.5, 0.6) is 0 Å². The summed E-state index contributed by atoms with van der Waals surface area (Å²) >= 11 is 0. The van der Waals surface area contributed by atoms with Crippen molar-refractivity contribution in [1.29, 1.82) is 0 Å². The summed E-state index contributed by atoms with van der Waals surface area (Å²) < 4.78 is 0. The molecule has 1 unspecified atom stereocenters. The molecule has 1 aromatic heterocycles. The van der Waals surface area contributed by atoms with E-state index in [2.05, 4.69) is 4.98 Å². The summed E-state index contributed by atoms with van der Waals surface area (Å²) in [6, 6.07) is 4.48. The zero-order valence-corrected chi connectivity index (χ0v) is 15.4. The lowest BCUT2D eigenvalue weighted by Gasteiger charge is -2.34. The number of hydrogen-bond donors (Lipinski definition) is 1. The highest BCUT2D eigenvalue weighted by atomic mass is 16.4. The minimum Gasteiger partial charge on any atom is -0.477 e. The van der Waals surface area contributed by atoms with Crippen LogP contribution in [0.15, 0.2) is 18.2 Å². The Balaban J connectivity index is 1.35. The number of carbonyl (C=O) groups excluding carboxylic acids is 2. The summed E-state index contributed by atoms with van der Waals surface area (Å²) in [5.41, 5.74) is 0.119. The number of carboxylic acid groups (broad SMARTS) is 1. The third-order valence-corrected chi connectivity index (χ3v) is 6.39. The molecule has 1 aliphatic carbocycles. The summed E-state index contributed by atoms with van der Waals surface area (Å²) in [5.74, 6) is -0.932. The monoisotopic (exact) mass is 371 g/mol. The van der Waals surface area contributed by atoms with E-state index in [4.69, 9.17) is 5.11 Å². The van der Waals surface area contributed by atoms with Gasteiger partial charge in [-0.15, -0.1) is 0 Å². The van der Waals surface area contributed by atoms with Crippen LogP contribution >= 0.6 is 0 Å². The molecule has 1 N–H and O–H groups in total. The second kappa shape index (κ2) is 6.94. The summed E-state index contributed by atoms with van der Waals surface area (Å²) in [7, 11) is 0. The van der Waals surface area contributed by atoms with Crippen LogP contribution in [0.3, 0.4) is 0 Å². The molecule has 2 amide bonds. The van der Waals surface area contributed by atoms with E-state index >= 15 is 0 Å². The normalized spacial score (nSPS) is 23.9. The first-order valence-electron chi connectivity index (χ1n) is 9.79. The van der Waals surface area contributed by atoms with Crippen LogP contribution in [-0.4, -0.2) is 63.9 Å². The van der Waals surface area contributed by atoms with Gasteiger partial charge in [-0.1, -0.05) is 6.07 Å². The fourth-order valence-corrected chi connectivity index (χ4v) is 4.57. The van der Waals surface area contributed by atoms with Gasteiger partial charge in [-0.05, 0) is 56.1 Å². The highest BCUT2D eigenvalue weighted by Gasteiger charge is 2.59. The minimum atomic E-state index is -1.14. The van der Waals surface area contributed by atoms with Crippen LogP contribution in [0.25, 0.3) is 0 Å². The predicted octanol–water partition coefficient (Wildman–Crippen LogP) is 2.03. The van der Waals surface area contributed by atoms with Gasteiger partial charge in [0.25, 0.3) is 5.91 Å². The van der Waals surface area contributed by atoms with E-state index in [1.807, 2.05) is 4.90 Å². The van der Waals surface area contributed by atoms with Crippen LogP contribution in [-0.2, 0) is 4.79 Å². The lowest BCUT2D eigenvalue weighted by molar-refractivity contribution is -0.134. The average Bonchev–Trinajstić information content (AvgIpc) is 3.41. The number of likely N-dealkylation sites (tertiary alicyclic amines) is 2. The van der Waals surface area contributed by atoms with E-state index in [9.17, 15) is 14.4 Å². The number of amides is 2. The van der Waals surface area contributed by atoms with Crippen molar-refractivity contribution in [2.45, 2.75) is 38.5 Å². The molecule has 0 bridgehead atoms. The van der Waals surface area contributed by atoms with Gasteiger partial charge < -0.3 is 14.9 Å². The molecule has 3 heterocycles. The first-order chi connectivity index (χ1) is 13.0. The van der Waals surface area contributed by atoms with E-state index in [0.29, 0.717) is 19.0 Å². The van der Waals surface area contributed by atoms with Gasteiger partial charge in [-0.3, -0.25) is 9.59 Å². The van der Waals surface area contributed by atoms with Crippen LogP contribution < -0.4 is 0 Å². The Labute approximate surface area is 158 Å². The molecular weight excluding hydrogens is 346 g/mol. The third-order valence-electron chi connectivity index (χ3n) is 6.39. The van der Waals surface area contributed by atoms with Crippen molar-refractivity contribution in [2.24, 2.45) is 11.3 Å². The van der Waals surface area contributed by atoms with Crippen LogP contribution in [0, 0.1) is 11.3 Å². The van der Waals surface area contributed by atoms with E-state index in [1.165, 1.54) is 12.5 Å². The second-order valence-corrected chi connectivity index (χ2v) is 8.01. The number of hydrogen-bond acceptors (Lipinski definition) is 4. The summed E-state index contributed by atoms with van der Waals surface area (Å²) in [5, 5.41) is 9.04. The smallest absolute Gasteiger partial charge is 0.354 e. The Morgan fingerprint density at radius 2 is 1.63 bits per heavy atom. The van der Waals surface area contributed by atoms with Gasteiger partial charge >= 0.3 is 5.97 Å². The number of aromatic nitrogens is 1. The number of piperidine rings is 2. The Morgan fingerprint density at radius 3 is 2.30 bits per heavy atom. The second-order valence-electron chi connectivity index (χ2n) is 8.01. The maximum Gasteiger partial charge on any atom is 0.354 e. The fourth-order valence-electron chi connectivity index (χ4n) is 4.57. The van der Waals surface area contributed by atoms with E-state index in [1.54, 1.807) is 17.0 Å². The van der Waals surface area contributed by atoms with Gasteiger partial charge in [0.1, 0.15) is 11.4 Å².